The Kier molecular flexibility index (Phi) is 2.35. The van der Waals surface area contributed by atoms with Crippen LogP contribution in [0.5, 0.6) is 0 Å². The lowest BCUT2D eigenvalue weighted by atomic mass is 10.1. The Bertz CT molecular complexity index is 933. The van der Waals surface area contributed by atoms with E-state index in [0.717, 1.165) is 0 Å². The van der Waals surface area contributed by atoms with Crippen LogP contribution in [0.15, 0.2) is 44.5 Å². The molecule has 0 bridgehead atoms. The maximum atomic E-state index is 12.3. The van der Waals surface area contributed by atoms with Crippen molar-refractivity contribution >= 4 is 27.7 Å². The Morgan fingerprint density at radius 2 is 1.95 bits per heavy atom. The monoisotopic (exact) mass is 255 g/mol. The average Bonchev–Trinajstić information content (AvgIpc) is 2.38. The molecule has 0 atom stereocenters. The molecule has 19 heavy (non-hydrogen) atoms. The van der Waals surface area contributed by atoms with Crippen LogP contribution in [0.4, 0.5) is 0 Å². The van der Waals surface area contributed by atoms with Crippen molar-refractivity contribution in [2.75, 3.05) is 0 Å². The van der Waals surface area contributed by atoms with E-state index >= 15 is 0 Å². The molecule has 0 amide bonds. The third-order valence-corrected chi connectivity index (χ3v) is 3.03. The van der Waals surface area contributed by atoms with Gasteiger partial charge in [-0.1, -0.05) is 0 Å². The average molecular weight is 255 g/mol. The first kappa shape index (κ1) is 11.4. The van der Waals surface area contributed by atoms with Crippen molar-refractivity contribution in [3.05, 3.63) is 56.7 Å². The van der Waals surface area contributed by atoms with Crippen molar-refractivity contribution in [2.24, 2.45) is 0 Å². The SMILES string of the molecule is CC(=O)c1c[nH]c2ccc3oc(=O)ccc3c2c1=O. The van der Waals surface area contributed by atoms with Crippen molar-refractivity contribution in [2.45, 2.75) is 6.92 Å². The molecule has 0 spiro atoms. The highest BCUT2D eigenvalue weighted by molar-refractivity contribution is 6.06. The summed E-state index contributed by atoms with van der Waals surface area (Å²) in [5.41, 5.74) is 0.167. The number of hydrogen-bond acceptors (Lipinski definition) is 4. The molecule has 1 aromatic carbocycles. The number of Topliss-reactive ketones (excluding diaryl/α,β-unsaturated/α-hetero) is 1. The summed E-state index contributed by atoms with van der Waals surface area (Å²) in [6, 6.07) is 6.04. The zero-order chi connectivity index (χ0) is 13.6. The molecular formula is C14H9NO4. The Hall–Kier alpha value is -2.69. The molecule has 2 heterocycles. The molecule has 2 aromatic heterocycles. The topological polar surface area (TPSA) is 80.1 Å². The Labute approximate surface area is 106 Å². The summed E-state index contributed by atoms with van der Waals surface area (Å²) in [6.45, 7) is 1.33. The van der Waals surface area contributed by atoms with Crippen LogP contribution in [0.2, 0.25) is 0 Å². The molecule has 0 aliphatic carbocycles. The Morgan fingerprint density at radius 1 is 1.16 bits per heavy atom. The summed E-state index contributed by atoms with van der Waals surface area (Å²) < 4.78 is 5.03. The predicted octanol–water partition coefficient (Wildman–Crippen LogP) is 1.84. The number of H-pyrrole nitrogens is 1. The van der Waals surface area contributed by atoms with E-state index in [-0.39, 0.29) is 16.8 Å². The quantitative estimate of drug-likeness (QED) is 0.408. The van der Waals surface area contributed by atoms with Crippen LogP contribution in [0.3, 0.4) is 0 Å². The third kappa shape index (κ3) is 1.67. The van der Waals surface area contributed by atoms with E-state index in [1.165, 1.54) is 25.3 Å². The normalized spacial score (nSPS) is 11.0. The van der Waals surface area contributed by atoms with Gasteiger partial charge in [-0.25, -0.2) is 4.79 Å². The summed E-state index contributed by atoms with van der Waals surface area (Å²) in [7, 11) is 0. The molecule has 5 heteroatoms. The van der Waals surface area contributed by atoms with Gasteiger partial charge < -0.3 is 9.40 Å². The number of fused-ring (bicyclic) bond motifs is 3. The van der Waals surface area contributed by atoms with Crippen molar-refractivity contribution in [1.29, 1.82) is 0 Å². The zero-order valence-electron chi connectivity index (χ0n) is 10.0. The highest BCUT2D eigenvalue weighted by atomic mass is 16.4. The van der Waals surface area contributed by atoms with E-state index < -0.39 is 5.63 Å². The fraction of sp³-hybridized carbons (Fsp3) is 0.0714. The number of ketones is 1. The van der Waals surface area contributed by atoms with Gasteiger partial charge in [-0.3, -0.25) is 9.59 Å². The smallest absolute Gasteiger partial charge is 0.336 e. The van der Waals surface area contributed by atoms with Crippen molar-refractivity contribution in [3.63, 3.8) is 0 Å². The number of aromatic amines is 1. The third-order valence-electron chi connectivity index (χ3n) is 3.03. The Morgan fingerprint density at radius 3 is 2.68 bits per heavy atom. The van der Waals surface area contributed by atoms with Crippen molar-refractivity contribution < 1.29 is 9.21 Å². The number of rotatable bonds is 1. The molecule has 3 aromatic rings. The molecule has 0 radical (unpaired) electrons. The molecule has 5 nitrogen and oxygen atoms in total. The van der Waals surface area contributed by atoms with E-state index in [0.29, 0.717) is 21.9 Å². The van der Waals surface area contributed by atoms with Crippen LogP contribution in [0.25, 0.3) is 21.9 Å². The van der Waals surface area contributed by atoms with Gasteiger partial charge in [0.1, 0.15) is 5.58 Å². The number of nitrogens with one attached hydrogen (secondary N) is 1. The summed E-state index contributed by atoms with van der Waals surface area (Å²) in [5.74, 6) is -0.308. The van der Waals surface area contributed by atoms with Gasteiger partial charge in [0.05, 0.1) is 16.5 Å². The standard InChI is InChI=1S/C14H9NO4/c1-7(16)9-6-15-10-3-4-11-8(13(10)14(9)18)2-5-12(17)19-11/h2-6H,1H3,(H,15,18). The van der Waals surface area contributed by atoms with Gasteiger partial charge >= 0.3 is 5.63 Å². The molecule has 3 rings (SSSR count). The van der Waals surface area contributed by atoms with Crippen LogP contribution in [0.1, 0.15) is 17.3 Å². The maximum Gasteiger partial charge on any atom is 0.336 e. The molecule has 1 N–H and O–H groups in total. The second-order valence-electron chi connectivity index (χ2n) is 4.24. The maximum absolute atomic E-state index is 12.3. The second kappa shape index (κ2) is 3.91. The summed E-state index contributed by atoms with van der Waals surface area (Å²) in [5, 5.41) is 0.871. The number of benzene rings is 1. The van der Waals surface area contributed by atoms with Gasteiger partial charge in [0.2, 0.25) is 5.43 Å². The largest absolute Gasteiger partial charge is 0.423 e. The highest BCUT2D eigenvalue weighted by Crippen LogP contribution is 2.20. The fourth-order valence-electron chi connectivity index (χ4n) is 2.13. The first-order chi connectivity index (χ1) is 9.08. The number of hydrogen-bond donors (Lipinski definition) is 1. The van der Waals surface area contributed by atoms with Gasteiger partial charge in [0.15, 0.2) is 5.78 Å². The van der Waals surface area contributed by atoms with Gasteiger partial charge in [-0.15, -0.1) is 0 Å². The van der Waals surface area contributed by atoms with Crippen LogP contribution >= 0.6 is 0 Å². The molecule has 0 saturated carbocycles. The van der Waals surface area contributed by atoms with E-state index in [9.17, 15) is 14.4 Å². The second-order valence-corrected chi connectivity index (χ2v) is 4.24. The molecule has 94 valence electrons. The fourth-order valence-corrected chi connectivity index (χ4v) is 2.13. The molecule has 0 aliphatic heterocycles. The summed E-state index contributed by atoms with van der Waals surface area (Å²) >= 11 is 0. The lowest BCUT2D eigenvalue weighted by Crippen LogP contribution is -2.14. The lowest BCUT2D eigenvalue weighted by molar-refractivity contribution is 0.101. The number of aromatic nitrogens is 1. The molecule has 0 aliphatic rings. The number of carbonyl (C=O) groups excluding carboxylic acids is 1. The zero-order valence-corrected chi connectivity index (χ0v) is 10.0. The summed E-state index contributed by atoms with van der Waals surface area (Å²) in [4.78, 5) is 37.8. The Balaban J connectivity index is 2.60. The minimum atomic E-state index is -0.481. The van der Waals surface area contributed by atoms with E-state index in [1.807, 2.05) is 0 Å². The van der Waals surface area contributed by atoms with Crippen LogP contribution in [-0.2, 0) is 0 Å². The molecular weight excluding hydrogens is 246 g/mol. The van der Waals surface area contributed by atoms with E-state index in [1.54, 1.807) is 12.1 Å². The predicted molar refractivity (Wildman–Crippen MR) is 70.6 cm³/mol. The number of pyridine rings is 1. The van der Waals surface area contributed by atoms with Crippen LogP contribution < -0.4 is 11.1 Å². The molecule has 0 fully saturated rings. The van der Waals surface area contributed by atoms with Crippen LogP contribution in [0, 0.1) is 0 Å². The first-order valence-electron chi connectivity index (χ1n) is 5.67. The van der Waals surface area contributed by atoms with Gasteiger partial charge in [-0.05, 0) is 25.1 Å². The summed E-state index contributed by atoms with van der Waals surface area (Å²) in [6.07, 6.45) is 1.40. The number of carbonyl (C=O) groups is 1. The van der Waals surface area contributed by atoms with E-state index in [2.05, 4.69) is 4.98 Å². The van der Waals surface area contributed by atoms with E-state index in [4.69, 9.17) is 4.42 Å². The van der Waals surface area contributed by atoms with Gasteiger partial charge in [-0.2, -0.15) is 0 Å². The minimum Gasteiger partial charge on any atom is -0.423 e. The van der Waals surface area contributed by atoms with Crippen LogP contribution in [-0.4, -0.2) is 10.8 Å². The highest BCUT2D eigenvalue weighted by Gasteiger charge is 2.12. The van der Waals surface area contributed by atoms with Crippen molar-refractivity contribution in [1.82, 2.24) is 4.98 Å². The lowest BCUT2D eigenvalue weighted by Gasteiger charge is -2.03. The van der Waals surface area contributed by atoms with Gasteiger partial charge in [0, 0.05) is 17.6 Å². The van der Waals surface area contributed by atoms with Crippen molar-refractivity contribution in [3.8, 4) is 0 Å². The van der Waals surface area contributed by atoms with Gasteiger partial charge in [0.25, 0.3) is 0 Å². The molecule has 0 unspecified atom stereocenters. The first-order valence-corrected chi connectivity index (χ1v) is 5.67. The minimum absolute atomic E-state index is 0.0891. The molecule has 0 saturated heterocycles.